The van der Waals surface area contributed by atoms with Gasteiger partial charge in [-0.15, -0.1) is 0 Å². The third-order valence-corrected chi connectivity index (χ3v) is 3.22. The van der Waals surface area contributed by atoms with Gasteiger partial charge in [0.1, 0.15) is 11.9 Å². The highest BCUT2D eigenvalue weighted by molar-refractivity contribution is 9.10. The molecule has 19 heavy (non-hydrogen) atoms. The lowest BCUT2D eigenvalue weighted by atomic mass is 10.0. The molecular formula is C13H17BrO5. The van der Waals surface area contributed by atoms with Gasteiger partial charge in [-0.1, -0.05) is 6.07 Å². The van der Waals surface area contributed by atoms with Gasteiger partial charge in [-0.05, 0) is 40.5 Å². The van der Waals surface area contributed by atoms with Crippen molar-refractivity contribution in [2.45, 2.75) is 25.6 Å². The molecule has 1 aromatic carbocycles. The summed E-state index contributed by atoms with van der Waals surface area (Å²) in [6, 6.07) is 4.95. The number of carbonyl (C=O) groups is 1. The zero-order valence-electron chi connectivity index (χ0n) is 10.8. The first-order valence-electron chi connectivity index (χ1n) is 5.84. The number of rotatable bonds is 6. The molecule has 0 heterocycles. The smallest absolute Gasteiger partial charge is 0.308 e. The summed E-state index contributed by atoms with van der Waals surface area (Å²) in [5, 5.41) is 19.8. The molecule has 1 aromatic rings. The van der Waals surface area contributed by atoms with Crippen molar-refractivity contribution >= 4 is 21.9 Å². The summed E-state index contributed by atoms with van der Waals surface area (Å²) in [7, 11) is 1.51. The van der Waals surface area contributed by atoms with Gasteiger partial charge in [-0.25, -0.2) is 0 Å². The minimum absolute atomic E-state index is 0.244. The molecule has 0 radical (unpaired) electrons. The molecule has 0 aliphatic carbocycles. The van der Waals surface area contributed by atoms with Gasteiger partial charge in [-0.2, -0.15) is 0 Å². The van der Waals surface area contributed by atoms with Crippen LogP contribution in [0.1, 0.15) is 25.0 Å². The molecular weight excluding hydrogens is 316 g/mol. The largest absolute Gasteiger partial charge is 0.496 e. The summed E-state index contributed by atoms with van der Waals surface area (Å²) < 4.78 is 10.6. The number of carbonyl (C=O) groups excluding carboxylic acids is 1. The Morgan fingerprint density at radius 3 is 2.68 bits per heavy atom. The number of hydrogen-bond acceptors (Lipinski definition) is 5. The molecule has 106 valence electrons. The van der Waals surface area contributed by atoms with E-state index in [4.69, 9.17) is 9.47 Å². The van der Waals surface area contributed by atoms with Gasteiger partial charge in [0.25, 0.3) is 0 Å². The Balaban J connectivity index is 2.76. The minimum atomic E-state index is -1.22. The van der Waals surface area contributed by atoms with Crippen molar-refractivity contribution in [1.82, 2.24) is 0 Å². The summed E-state index contributed by atoms with van der Waals surface area (Å²) in [5.41, 5.74) is 0.469. The lowest BCUT2D eigenvalue weighted by molar-refractivity contribution is -0.147. The zero-order valence-corrected chi connectivity index (χ0v) is 12.4. The Hall–Kier alpha value is -1.11. The van der Waals surface area contributed by atoms with Crippen LogP contribution in [0.3, 0.4) is 0 Å². The van der Waals surface area contributed by atoms with Gasteiger partial charge >= 0.3 is 5.97 Å². The van der Waals surface area contributed by atoms with Crippen LogP contribution in [0.4, 0.5) is 0 Å². The molecule has 2 N–H and O–H groups in total. The molecule has 2 unspecified atom stereocenters. The Labute approximate surface area is 120 Å². The Morgan fingerprint density at radius 1 is 1.42 bits per heavy atom. The van der Waals surface area contributed by atoms with Gasteiger partial charge in [0, 0.05) is 0 Å². The average molecular weight is 333 g/mol. The van der Waals surface area contributed by atoms with Crippen molar-refractivity contribution < 1.29 is 24.5 Å². The number of aliphatic hydroxyl groups is 2. The number of hydrogen-bond donors (Lipinski definition) is 2. The number of esters is 1. The Morgan fingerprint density at radius 2 is 2.11 bits per heavy atom. The van der Waals surface area contributed by atoms with Crippen LogP contribution >= 0.6 is 15.9 Å². The predicted octanol–water partition coefficient (Wildman–Crippen LogP) is 1.81. The molecule has 5 nitrogen and oxygen atoms in total. The van der Waals surface area contributed by atoms with E-state index in [0.29, 0.717) is 11.3 Å². The first-order valence-corrected chi connectivity index (χ1v) is 6.64. The summed E-state index contributed by atoms with van der Waals surface area (Å²) in [5.74, 6) is -0.00184. The molecule has 0 saturated carbocycles. The van der Waals surface area contributed by atoms with E-state index in [0.717, 1.165) is 4.47 Å². The minimum Gasteiger partial charge on any atom is -0.496 e. The molecule has 0 fully saturated rings. The highest BCUT2D eigenvalue weighted by Gasteiger charge is 2.22. The van der Waals surface area contributed by atoms with E-state index in [2.05, 4.69) is 15.9 Å². The van der Waals surface area contributed by atoms with Crippen LogP contribution in [0.15, 0.2) is 22.7 Å². The maximum Gasteiger partial charge on any atom is 0.308 e. The van der Waals surface area contributed by atoms with Crippen molar-refractivity contribution in [3.05, 3.63) is 28.2 Å². The SMILES string of the molecule is CCOC(=O)CC(O)C(O)c1ccc(Br)c(OC)c1. The summed E-state index contributed by atoms with van der Waals surface area (Å²) >= 11 is 3.29. The Bertz CT molecular complexity index is 435. The fourth-order valence-corrected chi connectivity index (χ4v) is 1.99. The molecule has 0 aliphatic rings. The molecule has 1 rings (SSSR count). The van der Waals surface area contributed by atoms with Crippen molar-refractivity contribution in [3.8, 4) is 5.75 Å². The Kier molecular flexibility index (Phi) is 6.27. The second-order valence-electron chi connectivity index (χ2n) is 3.92. The van der Waals surface area contributed by atoms with Gasteiger partial charge in [0.05, 0.1) is 30.7 Å². The molecule has 0 aliphatic heterocycles. The van der Waals surface area contributed by atoms with Crippen LogP contribution in [0.2, 0.25) is 0 Å². The highest BCUT2D eigenvalue weighted by atomic mass is 79.9. The molecule has 0 aromatic heterocycles. The van der Waals surface area contributed by atoms with E-state index in [1.807, 2.05) is 0 Å². The molecule has 2 atom stereocenters. The lowest BCUT2D eigenvalue weighted by Crippen LogP contribution is -2.23. The van der Waals surface area contributed by atoms with Crippen molar-refractivity contribution in [2.75, 3.05) is 13.7 Å². The number of aliphatic hydroxyl groups excluding tert-OH is 2. The number of ether oxygens (including phenoxy) is 2. The fourth-order valence-electron chi connectivity index (χ4n) is 1.58. The van der Waals surface area contributed by atoms with Crippen LogP contribution in [-0.2, 0) is 9.53 Å². The normalized spacial score (nSPS) is 13.7. The first kappa shape index (κ1) is 15.9. The van der Waals surface area contributed by atoms with Crippen LogP contribution in [0.5, 0.6) is 5.75 Å². The average Bonchev–Trinajstić information content (AvgIpc) is 2.38. The monoisotopic (exact) mass is 332 g/mol. The summed E-state index contributed by atoms with van der Waals surface area (Å²) in [6.07, 6.45) is -2.65. The maximum atomic E-state index is 11.2. The van der Waals surface area contributed by atoms with Crippen LogP contribution in [-0.4, -0.2) is 36.0 Å². The predicted molar refractivity (Wildman–Crippen MR) is 72.9 cm³/mol. The lowest BCUT2D eigenvalue weighted by Gasteiger charge is -2.18. The first-order chi connectivity index (χ1) is 8.99. The third-order valence-electron chi connectivity index (χ3n) is 2.56. The van der Waals surface area contributed by atoms with Crippen molar-refractivity contribution in [3.63, 3.8) is 0 Å². The third kappa shape index (κ3) is 4.49. The quantitative estimate of drug-likeness (QED) is 0.777. The standard InChI is InChI=1S/C13H17BrO5/c1-3-19-12(16)7-10(15)13(17)8-4-5-9(14)11(6-8)18-2/h4-6,10,13,15,17H,3,7H2,1-2H3. The topological polar surface area (TPSA) is 76.0 Å². The van der Waals surface area contributed by atoms with Gasteiger partial charge in [0.2, 0.25) is 0 Å². The number of halogens is 1. The zero-order chi connectivity index (χ0) is 14.4. The van der Waals surface area contributed by atoms with Gasteiger partial charge in [0.15, 0.2) is 0 Å². The van der Waals surface area contributed by atoms with Crippen molar-refractivity contribution in [1.29, 1.82) is 0 Å². The highest BCUT2D eigenvalue weighted by Crippen LogP contribution is 2.29. The molecule has 0 bridgehead atoms. The summed E-state index contributed by atoms with van der Waals surface area (Å²) in [6.45, 7) is 1.92. The molecule has 0 spiro atoms. The van der Waals surface area contributed by atoms with E-state index >= 15 is 0 Å². The summed E-state index contributed by atoms with van der Waals surface area (Å²) in [4.78, 5) is 11.2. The van der Waals surface area contributed by atoms with Gasteiger partial charge in [-0.3, -0.25) is 4.79 Å². The molecule has 0 saturated heterocycles. The van der Waals surface area contributed by atoms with E-state index in [-0.39, 0.29) is 13.0 Å². The van der Waals surface area contributed by atoms with Gasteiger partial charge < -0.3 is 19.7 Å². The van der Waals surface area contributed by atoms with Crippen molar-refractivity contribution in [2.24, 2.45) is 0 Å². The second kappa shape index (κ2) is 7.47. The van der Waals surface area contributed by atoms with Crippen LogP contribution < -0.4 is 4.74 Å². The molecule has 0 amide bonds. The molecule has 6 heteroatoms. The van der Waals surface area contributed by atoms with E-state index < -0.39 is 18.2 Å². The van der Waals surface area contributed by atoms with E-state index in [1.54, 1.807) is 25.1 Å². The second-order valence-corrected chi connectivity index (χ2v) is 4.77. The van der Waals surface area contributed by atoms with Crippen LogP contribution in [0.25, 0.3) is 0 Å². The van der Waals surface area contributed by atoms with Crippen LogP contribution in [0, 0.1) is 0 Å². The fraction of sp³-hybridized carbons (Fsp3) is 0.462. The maximum absolute atomic E-state index is 11.2. The van der Waals surface area contributed by atoms with E-state index in [1.165, 1.54) is 7.11 Å². The van der Waals surface area contributed by atoms with E-state index in [9.17, 15) is 15.0 Å². The number of benzene rings is 1. The number of methoxy groups -OCH3 is 1.